The largest absolute Gasteiger partial charge is 0.481 e. The van der Waals surface area contributed by atoms with Gasteiger partial charge in [-0.3, -0.25) is 0 Å². The van der Waals surface area contributed by atoms with Crippen LogP contribution in [-0.2, 0) is 6.42 Å². The Kier molecular flexibility index (Phi) is 2.28. The average molecular weight is 246 g/mol. The third-order valence-electron chi connectivity index (χ3n) is 1.84. The van der Waals surface area contributed by atoms with E-state index in [9.17, 15) is 0 Å². The Morgan fingerprint density at radius 2 is 2.50 bits per heavy atom. The predicted octanol–water partition coefficient (Wildman–Crippen LogP) is 2.50. The van der Waals surface area contributed by atoms with Gasteiger partial charge < -0.3 is 4.74 Å². The molecule has 0 aliphatic carbocycles. The summed E-state index contributed by atoms with van der Waals surface area (Å²) in [5.41, 5.74) is 1.25. The molecule has 2 heterocycles. The maximum absolute atomic E-state index is 5.17. The third kappa shape index (κ3) is 1.23. The number of halogens is 1. The SMILES string of the molecule is COc1ncc(Br)c2c1CCS2. The predicted molar refractivity (Wildman–Crippen MR) is 52.9 cm³/mol. The van der Waals surface area contributed by atoms with E-state index in [1.54, 1.807) is 13.3 Å². The van der Waals surface area contributed by atoms with Crippen LogP contribution in [0.1, 0.15) is 5.56 Å². The number of nitrogens with zero attached hydrogens (tertiary/aromatic N) is 1. The van der Waals surface area contributed by atoms with Crippen molar-refractivity contribution >= 4 is 27.7 Å². The van der Waals surface area contributed by atoms with Gasteiger partial charge in [-0.15, -0.1) is 11.8 Å². The van der Waals surface area contributed by atoms with Crippen LogP contribution in [0.15, 0.2) is 15.6 Å². The van der Waals surface area contributed by atoms with Gasteiger partial charge in [0.05, 0.1) is 7.11 Å². The fraction of sp³-hybridized carbons (Fsp3) is 0.375. The van der Waals surface area contributed by atoms with Gasteiger partial charge in [-0.25, -0.2) is 4.98 Å². The van der Waals surface area contributed by atoms with Crippen LogP contribution in [0.25, 0.3) is 0 Å². The summed E-state index contributed by atoms with van der Waals surface area (Å²) in [4.78, 5) is 5.48. The normalized spacial score (nSPS) is 14.5. The second-order valence-corrected chi connectivity index (χ2v) is 4.48. The highest BCUT2D eigenvalue weighted by molar-refractivity contribution is 9.10. The van der Waals surface area contributed by atoms with E-state index in [0.717, 1.165) is 22.5 Å². The van der Waals surface area contributed by atoms with Crippen LogP contribution >= 0.6 is 27.7 Å². The fourth-order valence-electron chi connectivity index (χ4n) is 1.30. The lowest BCUT2D eigenvalue weighted by atomic mass is 10.2. The van der Waals surface area contributed by atoms with Crippen molar-refractivity contribution in [2.24, 2.45) is 0 Å². The third-order valence-corrected chi connectivity index (χ3v) is 3.86. The Balaban J connectivity index is 2.57. The molecule has 0 amide bonds. The summed E-state index contributed by atoms with van der Waals surface area (Å²) in [5.74, 6) is 1.91. The smallest absolute Gasteiger partial charge is 0.217 e. The molecule has 0 unspecified atom stereocenters. The summed E-state index contributed by atoms with van der Waals surface area (Å²) in [5, 5.41) is 0. The number of hydrogen-bond donors (Lipinski definition) is 0. The monoisotopic (exact) mass is 245 g/mol. The number of pyridine rings is 1. The average Bonchev–Trinajstić information content (AvgIpc) is 2.54. The Labute approximate surface area is 83.8 Å². The zero-order valence-corrected chi connectivity index (χ0v) is 9.04. The van der Waals surface area contributed by atoms with Gasteiger partial charge in [0.25, 0.3) is 0 Å². The number of ether oxygens (including phenoxy) is 1. The summed E-state index contributed by atoms with van der Waals surface area (Å²) in [7, 11) is 1.67. The van der Waals surface area contributed by atoms with Gasteiger partial charge in [0.2, 0.25) is 5.88 Å². The van der Waals surface area contributed by atoms with Crippen LogP contribution in [0.3, 0.4) is 0 Å². The van der Waals surface area contributed by atoms with Gasteiger partial charge in [0, 0.05) is 26.9 Å². The molecule has 0 N–H and O–H groups in total. The molecule has 1 aliphatic heterocycles. The molecule has 4 heteroatoms. The van der Waals surface area contributed by atoms with Gasteiger partial charge in [-0.1, -0.05) is 0 Å². The van der Waals surface area contributed by atoms with Gasteiger partial charge >= 0.3 is 0 Å². The quantitative estimate of drug-likeness (QED) is 0.760. The minimum atomic E-state index is 0.776. The lowest BCUT2D eigenvalue weighted by molar-refractivity contribution is 0.391. The first-order valence-electron chi connectivity index (χ1n) is 3.67. The molecule has 1 aliphatic rings. The number of thioether (sulfide) groups is 1. The summed E-state index contributed by atoms with van der Waals surface area (Å²) in [6.07, 6.45) is 2.87. The van der Waals surface area contributed by atoms with Crippen molar-refractivity contribution in [3.05, 3.63) is 16.2 Å². The van der Waals surface area contributed by atoms with Crippen molar-refractivity contribution in [1.29, 1.82) is 0 Å². The molecule has 2 rings (SSSR count). The molecule has 0 bridgehead atoms. The zero-order valence-electron chi connectivity index (χ0n) is 6.63. The van der Waals surface area contributed by atoms with Crippen molar-refractivity contribution in [3.8, 4) is 5.88 Å². The Morgan fingerprint density at radius 3 is 3.25 bits per heavy atom. The van der Waals surface area contributed by atoms with Crippen molar-refractivity contribution in [3.63, 3.8) is 0 Å². The summed E-state index contributed by atoms with van der Waals surface area (Å²) in [6, 6.07) is 0. The molecular formula is C8H8BrNOS. The molecule has 0 saturated heterocycles. The molecule has 12 heavy (non-hydrogen) atoms. The molecule has 1 aromatic heterocycles. The van der Waals surface area contributed by atoms with Crippen LogP contribution in [0.5, 0.6) is 5.88 Å². The Bertz CT molecular complexity index is 316. The van der Waals surface area contributed by atoms with E-state index in [2.05, 4.69) is 20.9 Å². The number of rotatable bonds is 1. The van der Waals surface area contributed by atoms with Crippen LogP contribution in [0.4, 0.5) is 0 Å². The lowest BCUT2D eigenvalue weighted by Crippen LogP contribution is -1.94. The minimum absolute atomic E-state index is 0.776. The zero-order chi connectivity index (χ0) is 8.55. The summed E-state index contributed by atoms with van der Waals surface area (Å²) < 4.78 is 6.25. The first-order valence-corrected chi connectivity index (χ1v) is 5.45. The number of methoxy groups -OCH3 is 1. The fourth-order valence-corrected chi connectivity index (χ4v) is 3.05. The second kappa shape index (κ2) is 3.26. The van der Waals surface area contributed by atoms with E-state index >= 15 is 0 Å². The van der Waals surface area contributed by atoms with Crippen LogP contribution in [0.2, 0.25) is 0 Å². The first-order chi connectivity index (χ1) is 5.83. The summed E-state index contributed by atoms with van der Waals surface area (Å²) in [6.45, 7) is 0. The van der Waals surface area contributed by atoms with Crippen LogP contribution < -0.4 is 4.74 Å². The summed E-state index contributed by atoms with van der Waals surface area (Å²) >= 11 is 5.33. The maximum atomic E-state index is 5.17. The molecule has 64 valence electrons. The molecule has 0 saturated carbocycles. The number of hydrogen-bond acceptors (Lipinski definition) is 3. The van der Waals surface area contributed by atoms with E-state index < -0.39 is 0 Å². The first kappa shape index (κ1) is 8.38. The van der Waals surface area contributed by atoms with Gasteiger partial charge in [-0.05, 0) is 22.4 Å². The van der Waals surface area contributed by atoms with Crippen molar-refractivity contribution in [2.75, 3.05) is 12.9 Å². The van der Waals surface area contributed by atoms with E-state index in [4.69, 9.17) is 4.74 Å². The standard InChI is InChI=1S/C8H8BrNOS/c1-11-8-5-2-3-12-7(5)6(9)4-10-8/h4H,2-3H2,1H3. The van der Waals surface area contributed by atoms with Crippen molar-refractivity contribution < 1.29 is 4.74 Å². The molecule has 0 radical (unpaired) electrons. The molecule has 2 nitrogen and oxygen atoms in total. The highest BCUT2D eigenvalue weighted by Gasteiger charge is 2.19. The van der Waals surface area contributed by atoms with E-state index in [1.165, 1.54) is 10.5 Å². The molecule has 0 atom stereocenters. The van der Waals surface area contributed by atoms with Crippen LogP contribution in [-0.4, -0.2) is 17.8 Å². The number of aromatic nitrogens is 1. The molecule has 0 aromatic carbocycles. The van der Waals surface area contributed by atoms with Gasteiger partial charge in [-0.2, -0.15) is 0 Å². The second-order valence-electron chi connectivity index (χ2n) is 2.52. The van der Waals surface area contributed by atoms with Crippen LogP contribution in [0, 0.1) is 0 Å². The van der Waals surface area contributed by atoms with Gasteiger partial charge in [0.1, 0.15) is 0 Å². The molecule has 0 spiro atoms. The minimum Gasteiger partial charge on any atom is -0.481 e. The van der Waals surface area contributed by atoms with E-state index in [0.29, 0.717) is 0 Å². The molecule has 1 aromatic rings. The topological polar surface area (TPSA) is 22.1 Å². The van der Waals surface area contributed by atoms with Gasteiger partial charge in [0.15, 0.2) is 0 Å². The highest BCUT2D eigenvalue weighted by Crippen LogP contribution is 2.40. The van der Waals surface area contributed by atoms with E-state index in [1.807, 2.05) is 11.8 Å². The van der Waals surface area contributed by atoms with E-state index in [-0.39, 0.29) is 0 Å². The lowest BCUT2D eigenvalue weighted by Gasteiger charge is -2.05. The Morgan fingerprint density at radius 1 is 1.67 bits per heavy atom. The highest BCUT2D eigenvalue weighted by atomic mass is 79.9. The Hall–Kier alpha value is -0.220. The molecular weight excluding hydrogens is 238 g/mol. The number of fused-ring (bicyclic) bond motifs is 1. The molecule has 0 fully saturated rings. The van der Waals surface area contributed by atoms with Crippen molar-refractivity contribution in [2.45, 2.75) is 11.3 Å². The maximum Gasteiger partial charge on any atom is 0.217 e. The van der Waals surface area contributed by atoms with Crippen molar-refractivity contribution in [1.82, 2.24) is 4.98 Å².